The molecule has 3 aromatic carbocycles. The molecule has 0 saturated carbocycles. The van der Waals surface area contributed by atoms with E-state index in [0.717, 1.165) is 68.5 Å². The molecule has 228 valence electrons. The Labute approximate surface area is 260 Å². The second-order valence-electron chi connectivity index (χ2n) is 10.9. The number of nitrogens with one attached hydrogen (secondary N) is 1. The fourth-order valence-electron chi connectivity index (χ4n) is 5.13. The molecule has 1 fully saturated rings. The van der Waals surface area contributed by atoms with E-state index >= 15 is 0 Å². The number of rotatable bonds is 14. The van der Waals surface area contributed by atoms with Crippen molar-refractivity contribution < 1.29 is 13.2 Å². The molecule has 4 aromatic rings. The summed E-state index contributed by atoms with van der Waals surface area (Å²) in [5, 5.41) is 6.35. The number of piperazine rings is 1. The number of thiazole rings is 1. The van der Waals surface area contributed by atoms with E-state index < -0.39 is 10.0 Å². The maximum atomic E-state index is 13.8. The van der Waals surface area contributed by atoms with Crippen LogP contribution in [0, 0.1) is 0 Å². The molecule has 0 radical (unpaired) electrons. The van der Waals surface area contributed by atoms with Gasteiger partial charge in [0, 0.05) is 56.8 Å². The van der Waals surface area contributed by atoms with Crippen LogP contribution < -0.4 is 10.1 Å². The highest BCUT2D eigenvalue weighted by Gasteiger charge is 2.26. The summed E-state index contributed by atoms with van der Waals surface area (Å²) in [5.41, 5.74) is 4.25. The first-order valence-corrected chi connectivity index (χ1v) is 17.1. The van der Waals surface area contributed by atoms with Crippen molar-refractivity contribution in [3.05, 3.63) is 101 Å². The van der Waals surface area contributed by atoms with Gasteiger partial charge in [-0.15, -0.1) is 11.3 Å². The molecule has 2 heterocycles. The molecule has 0 bridgehead atoms. The van der Waals surface area contributed by atoms with Crippen molar-refractivity contribution in [2.75, 3.05) is 53.4 Å². The standard InChI is InChI=1S/C33H41N5O3S2/c1-36-19-21-37(22-20-36)17-6-18-38(43(39,40)32-15-13-31(41-2)14-16-32)25-30-26-42-33(35-30)29-11-9-28(10-12-29)24-34-23-27-7-4-3-5-8-27/h3-5,7-16,26,34H,6,17-25H2,1-2H3. The van der Waals surface area contributed by atoms with E-state index in [4.69, 9.17) is 9.72 Å². The lowest BCUT2D eigenvalue weighted by Crippen LogP contribution is -2.45. The molecule has 1 saturated heterocycles. The summed E-state index contributed by atoms with van der Waals surface area (Å²) in [5.74, 6) is 0.628. The molecular weight excluding hydrogens is 579 g/mol. The average molecular weight is 620 g/mol. The highest BCUT2D eigenvalue weighted by molar-refractivity contribution is 7.89. The normalized spacial score (nSPS) is 14.8. The maximum absolute atomic E-state index is 13.8. The van der Waals surface area contributed by atoms with Crippen molar-refractivity contribution in [2.24, 2.45) is 0 Å². The lowest BCUT2D eigenvalue weighted by atomic mass is 10.1. The smallest absolute Gasteiger partial charge is 0.243 e. The van der Waals surface area contributed by atoms with Gasteiger partial charge in [0.1, 0.15) is 10.8 Å². The van der Waals surface area contributed by atoms with Gasteiger partial charge >= 0.3 is 0 Å². The summed E-state index contributed by atoms with van der Waals surface area (Å²) in [6, 6.07) is 25.4. The Bertz CT molecular complexity index is 1520. The van der Waals surface area contributed by atoms with Gasteiger partial charge in [0.25, 0.3) is 0 Å². The zero-order valence-electron chi connectivity index (χ0n) is 25.0. The van der Waals surface area contributed by atoms with E-state index in [0.29, 0.717) is 12.3 Å². The van der Waals surface area contributed by atoms with Gasteiger partial charge in [-0.3, -0.25) is 0 Å². The maximum Gasteiger partial charge on any atom is 0.243 e. The van der Waals surface area contributed by atoms with Crippen LogP contribution in [0.4, 0.5) is 0 Å². The van der Waals surface area contributed by atoms with Crippen molar-refractivity contribution in [1.82, 2.24) is 24.4 Å². The van der Waals surface area contributed by atoms with E-state index in [2.05, 4.69) is 70.7 Å². The minimum absolute atomic E-state index is 0.231. The van der Waals surface area contributed by atoms with Gasteiger partial charge in [0.05, 0.1) is 24.2 Å². The Morgan fingerprint density at radius 2 is 1.58 bits per heavy atom. The lowest BCUT2D eigenvalue weighted by molar-refractivity contribution is 0.150. The number of nitrogens with zero attached hydrogens (tertiary/aromatic N) is 4. The molecule has 0 amide bonds. The van der Waals surface area contributed by atoms with Crippen LogP contribution in [0.15, 0.2) is 89.1 Å². The second-order valence-corrected chi connectivity index (χ2v) is 13.7. The summed E-state index contributed by atoms with van der Waals surface area (Å²) in [6.45, 7) is 7.25. The predicted octanol–water partition coefficient (Wildman–Crippen LogP) is 4.94. The van der Waals surface area contributed by atoms with E-state index in [1.807, 2.05) is 11.4 Å². The Morgan fingerprint density at radius 3 is 2.26 bits per heavy atom. The Balaban J connectivity index is 1.24. The summed E-state index contributed by atoms with van der Waals surface area (Å²) in [4.78, 5) is 9.86. The van der Waals surface area contributed by atoms with Crippen molar-refractivity contribution >= 4 is 21.4 Å². The molecule has 0 spiro atoms. The molecule has 5 rings (SSSR count). The van der Waals surface area contributed by atoms with Gasteiger partial charge in [0.2, 0.25) is 10.0 Å². The summed E-state index contributed by atoms with van der Waals surface area (Å²) in [7, 11) is -0.00315. The number of sulfonamides is 1. The van der Waals surface area contributed by atoms with E-state index in [9.17, 15) is 8.42 Å². The van der Waals surface area contributed by atoms with Crippen LogP contribution in [-0.2, 0) is 29.7 Å². The van der Waals surface area contributed by atoms with Crippen LogP contribution in [0.25, 0.3) is 10.6 Å². The molecule has 8 nitrogen and oxygen atoms in total. The number of benzene rings is 3. The highest BCUT2D eigenvalue weighted by Crippen LogP contribution is 2.27. The molecule has 1 aliphatic rings. The fraction of sp³-hybridized carbons (Fsp3) is 0.364. The van der Waals surface area contributed by atoms with Crippen LogP contribution in [0.5, 0.6) is 5.75 Å². The van der Waals surface area contributed by atoms with Crippen molar-refractivity contribution in [3.63, 3.8) is 0 Å². The Kier molecular flexibility index (Phi) is 11.0. The Morgan fingerprint density at radius 1 is 0.907 bits per heavy atom. The summed E-state index contributed by atoms with van der Waals surface area (Å²) in [6.07, 6.45) is 0.760. The van der Waals surface area contributed by atoms with E-state index in [1.165, 1.54) is 11.1 Å². The van der Waals surface area contributed by atoms with Crippen LogP contribution in [-0.4, -0.2) is 80.9 Å². The molecule has 1 aliphatic heterocycles. The second kappa shape index (κ2) is 15.1. The molecular formula is C33H41N5O3S2. The van der Waals surface area contributed by atoms with E-state index in [-0.39, 0.29) is 11.4 Å². The van der Waals surface area contributed by atoms with Gasteiger partial charge in [-0.1, -0.05) is 54.6 Å². The van der Waals surface area contributed by atoms with Gasteiger partial charge in [-0.25, -0.2) is 13.4 Å². The van der Waals surface area contributed by atoms with E-state index in [1.54, 1.807) is 47.0 Å². The van der Waals surface area contributed by atoms with Crippen LogP contribution in [0.2, 0.25) is 0 Å². The number of hydrogen-bond acceptors (Lipinski definition) is 8. The Hall–Kier alpha value is -3.12. The molecule has 0 aliphatic carbocycles. The molecule has 43 heavy (non-hydrogen) atoms. The molecule has 1 aromatic heterocycles. The monoisotopic (exact) mass is 619 g/mol. The topological polar surface area (TPSA) is 78.0 Å². The third-order valence-corrected chi connectivity index (χ3v) is 10.6. The van der Waals surface area contributed by atoms with Crippen molar-refractivity contribution in [3.8, 4) is 16.3 Å². The average Bonchev–Trinajstić information content (AvgIpc) is 3.51. The van der Waals surface area contributed by atoms with Gasteiger partial charge < -0.3 is 19.9 Å². The summed E-state index contributed by atoms with van der Waals surface area (Å²) < 4.78 is 34.4. The van der Waals surface area contributed by atoms with Gasteiger partial charge in [0.15, 0.2) is 0 Å². The third-order valence-electron chi connectivity index (χ3n) is 7.77. The quantitative estimate of drug-likeness (QED) is 0.214. The highest BCUT2D eigenvalue weighted by atomic mass is 32.2. The first-order chi connectivity index (χ1) is 20.9. The minimum Gasteiger partial charge on any atom is -0.497 e. The van der Waals surface area contributed by atoms with Gasteiger partial charge in [-0.05, 0) is 55.4 Å². The number of methoxy groups -OCH3 is 1. The first-order valence-electron chi connectivity index (χ1n) is 14.7. The summed E-state index contributed by atoms with van der Waals surface area (Å²) >= 11 is 1.55. The number of aromatic nitrogens is 1. The predicted molar refractivity (Wildman–Crippen MR) is 174 cm³/mol. The lowest BCUT2D eigenvalue weighted by Gasteiger charge is -2.32. The third kappa shape index (κ3) is 8.72. The minimum atomic E-state index is -3.72. The largest absolute Gasteiger partial charge is 0.497 e. The van der Waals surface area contributed by atoms with Crippen molar-refractivity contribution in [1.29, 1.82) is 0 Å². The van der Waals surface area contributed by atoms with Crippen LogP contribution in [0.3, 0.4) is 0 Å². The molecule has 0 atom stereocenters. The molecule has 0 unspecified atom stereocenters. The van der Waals surface area contributed by atoms with Crippen LogP contribution >= 0.6 is 11.3 Å². The van der Waals surface area contributed by atoms with Crippen molar-refractivity contribution in [2.45, 2.75) is 31.0 Å². The van der Waals surface area contributed by atoms with Crippen LogP contribution in [0.1, 0.15) is 23.2 Å². The molecule has 1 N–H and O–H groups in total. The number of likely N-dealkylation sites (N-methyl/N-ethyl adjacent to an activating group) is 1. The zero-order valence-corrected chi connectivity index (χ0v) is 26.6. The fourth-order valence-corrected chi connectivity index (χ4v) is 7.40. The first kappa shape index (κ1) is 31.3. The SMILES string of the molecule is COc1ccc(S(=O)(=O)N(CCCN2CCN(C)CC2)Cc2csc(-c3ccc(CNCc4ccccc4)cc3)n2)cc1. The zero-order chi connectivity index (χ0) is 30.1. The number of ether oxygens (including phenoxy) is 1. The molecule has 10 heteroatoms. The van der Waals surface area contributed by atoms with Gasteiger partial charge in [-0.2, -0.15) is 4.31 Å². The number of hydrogen-bond donors (Lipinski definition) is 1.